The largest absolute Gasteiger partial charge is 0.338 e. The molecule has 0 amide bonds. The highest BCUT2D eigenvalue weighted by Gasteiger charge is 2.14. The minimum Gasteiger partial charge on any atom is -0.338 e. The Morgan fingerprint density at radius 1 is 0.607 bits per heavy atom. The van der Waals surface area contributed by atoms with Crippen LogP contribution in [0.25, 0.3) is 0 Å². The minimum atomic E-state index is 0.617. The maximum Gasteiger partial charge on any atom is 0.240 e. The van der Waals surface area contributed by atoms with Crippen LogP contribution in [0.2, 0.25) is 0 Å². The summed E-state index contributed by atoms with van der Waals surface area (Å²) in [5, 5.41) is 4.17. The summed E-state index contributed by atoms with van der Waals surface area (Å²) in [6.45, 7) is 2.27. The molecule has 0 radical (unpaired) electrons. The highest BCUT2D eigenvalue weighted by molar-refractivity contribution is 5.19. The molecule has 0 unspecified atom stereocenters. The van der Waals surface area contributed by atoms with Crippen LogP contribution in [0.5, 0.6) is 0 Å². The first-order valence-corrected chi connectivity index (χ1v) is 9.51. The molecular weight excluding hydrogens is 346 g/mol. The van der Waals surface area contributed by atoms with Gasteiger partial charge in [0.1, 0.15) is 0 Å². The van der Waals surface area contributed by atoms with Gasteiger partial charge in [-0.3, -0.25) is 4.90 Å². The Kier molecular flexibility index (Phi) is 5.90. The number of aromatic nitrogens is 2. The molecule has 0 atom stereocenters. The Hall–Kier alpha value is -3.24. The third-order valence-corrected chi connectivity index (χ3v) is 4.57. The molecule has 0 N–H and O–H groups in total. The lowest BCUT2D eigenvalue weighted by atomic mass is 10.1. The van der Waals surface area contributed by atoms with Crippen LogP contribution in [-0.2, 0) is 26.1 Å². The van der Waals surface area contributed by atoms with Crippen LogP contribution in [0.3, 0.4) is 0 Å². The van der Waals surface area contributed by atoms with E-state index in [2.05, 4.69) is 75.7 Å². The second kappa shape index (κ2) is 9.11. The molecule has 28 heavy (non-hydrogen) atoms. The normalized spacial score (nSPS) is 11.0. The molecule has 0 spiro atoms. The van der Waals surface area contributed by atoms with Crippen molar-refractivity contribution in [3.63, 3.8) is 0 Å². The van der Waals surface area contributed by atoms with Crippen LogP contribution >= 0.6 is 0 Å². The van der Waals surface area contributed by atoms with E-state index in [1.165, 1.54) is 16.7 Å². The first-order valence-electron chi connectivity index (χ1n) is 9.51. The van der Waals surface area contributed by atoms with E-state index in [-0.39, 0.29) is 0 Å². The molecule has 140 valence electrons. The Balaban J connectivity index is 1.47. The van der Waals surface area contributed by atoms with E-state index in [0.29, 0.717) is 18.9 Å². The zero-order valence-corrected chi connectivity index (χ0v) is 15.7. The predicted molar refractivity (Wildman–Crippen MR) is 109 cm³/mol. The van der Waals surface area contributed by atoms with Crippen LogP contribution in [0.4, 0.5) is 0 Å². The van der Waals surface area contributed by atoms with Crippen molar-refractivity contribution in [2.45, 2.75) is 26.1 Å². The van der Waals surface area contributed by atoms with Gasteiger partial charge in [-0.1, -0.05) is 96.2 Å². The van der Waals surface area contributed by atoms with Crippen molar-refractivity contribution >= 4 is 0 Å². The predicted octanol–water partition coefficient (Wildman–Crippen LogP) is 4.86. The van der Waals surface area contributed by atoms with Crippen molar-refractivity contribution < 1.29 is 4.52 Å². The van der Waals surface area contributed by atoms with Gasteiger partial charge in [-0.2, -0.15) is 4.98 Å². The van der Waals surface area contributed by atoms with Gasteiger partial charge in [0.25, 0.3) is 0 Å². The van der Waals surface area contributed by atoms with Gasteiger partial charge < -0.3 is 4.52 Å². The molecule has 4 aromatic rings. The molecule has 0 saturated heterocycles. The Morgan fingerprint density at radius 3 is 1.64 bits per heavy atom. The molecule has 0 fully saturated rings. The summed E-state index contributed by atoms with van der Waals surface area (Å²) < 4.78 is 5.54. The lowest BCUT2D eigenvalue weighted by molar-refractivity contribution is 0.211. The molecule has 0 aliphatic carbocycles. The lowest BCUT2D eigenvalue weighted by Gasteiger charge is -2.20. The van der Waals surface area contributed by atoms with Crippen LogP contribution in [0, 0.1) is 0 Å². The van der Waals surface area contributed by atoms with Crippen LogP contribution < -0.4 is 0 Å². The summed E-state index contributed by atoms with van der Waals surface area (Å²) in [5.41, 5.74) is 3.71. The van der Waals surface area contributed by atoms with Crippen LogP contribution in [-0.4, -0.2) is 15.0 Å². The molecule has 4 rings (SSSR count). The van der Waals surface area contributed by atoms with E-state index in [4.69, 9.17) is 4.52 Å². The van der Waals surface area contributed by atoms with Crippen molar-refractivity contribution in [3.05, 3.63) is 119 Å². The topological polar surface area (TPSA) is 42.2 Å². The maximum absolute atomic E-state index is 5.54. The van der Waals surface area contributed by atoms with Crippen LogP contribution in [0.15, 0.2) is 95.5 Å². The fourth-order valence-corrected chi connectivity index (χ4v) is 3.25. The van der Waals surface area contributed by atoms with Crippen molar-refractivity contribution in [3.8, 4) is 0 Å². The fourth-order valence-electron chi connectivity index (χ4n) is 3.25. The zero-order valence-electron chi connectivity index (χ0n) is 15.7. The van der Waals surface area contributed by atoms with Crippen LogP contribution in [0.1, 0.15) is 28.4 Å². The second-order valence-electron chi connectivity index (χ2n) is 6.88. The smallest absolute Gasteiger partial charge is 0.240 e. The van der Waals surface area contributed by atoms with Gasteiger partial charge in [-0.15, -0.1) is 0 Å². The summed E-state index contributed by atoms with van der Waals surface area (Å²) in [5.74, 6) is 1.37. The summed E-state index contributed by atoms with van der Waals surface area (Å²) >= 11 is 0. The first-order chi connectivity index (χ1) is 13.8. The van der Waals surface area contributed by atoms with Gasteiger partial charge in [-0.25, -0.2) is 0 Å². The quantitative estimate of drug-likeness (QED) is 0.445. The van der Waals surface area contributed by atoms with Crippen molar-refractivity contribution in [1.82, 2.24) is 15.0 Å². The summed E-state index contributed by atoms with van der Waals surface area (Å²) in [6, 6.07) is 31.2. The number of hydrogen-bond donors (Lipinski definition) is 0. The van der Waals surface area contributed by atoms with E-state index in [0.717, 1.165) is 18.9 Å². The number of rotatable bonds is 8. The van der Waals surface area contributed by atoms with Gasteiger partial charge in [0.05, 0.1) is 6.54 Å². The van der Waals surface area contributed by atoms with Crippen molar-refractivity contribution in [2.24, 2.45) is 0 Å². The Morgan fingerprint density at radius 2 is 1.11 bits per heavy atom. The van der Waals surface area contributed by atoms with Gasteiger partial charge in [0.2, 0.25) is 5.89 Å². The van der Waals surface area contributed by atoms with E-state index >= 15 is 0 Å². The maximum atomic E-state index is 5.54. The molecule has 0 aliphatic rings. The zero-order chi connectivity index (χ0) is 19.0. The standard InChI is InChI=1S/C24H23N3O/c1-4-10-20(11-5-1)16-23-25-24(28-26-23)19-27(17-21-12-6-2-7-13-21)18-22-14-8-3-9-15-22/h1-15H,16-19H2. The molecule has 0 aliphatic heterocycles. The second-order valence-corrected chi connectivity index (χ2v) is 6.88. The highest BCUT2D eigenvalue weighted by Crippen LogP contribution is 2.14. The molecule has 1 aromatic heterocycles. The SMILES string of the molecule is c1ccc(Cc2noc(CN(Cc3ccccc3)Cc3ccccc3)n2)cc1. The first kappa shape index (κ1) is 18.1. The number of benzene rings is 3. The van der Waals surface area contributed by atoms with E-state index in [1.807, 2.05) is 30.3 Å². The summed E-state index contributed by atoms with van der Waals surface area (Å²) in [6.07, 6.45) is 0.682. The number of nitrogens with zero attached hydrogens (tertiary/aromatic N) is 3. The average Bonchev–Trinajstić information content (AvgIpc) is 3.17. The highest BCUT2D eigenvalue weighted by atomic mass is 16.5. The minimum absolute atomic E-state index is 0.617. The fraction of sp³-hybridized carbons (Fsp3) is 0.167. The molecule has 1 heterocycles. The van der Waals surface area contributed by atoms with Gasteiger partial charge in [-0.05, 0) is 16.7 Å². The molecule has 4 nitrogen and oxygen atoms in total. The van der Waals surface area contributed by atoms with Crippen molar-refractivity contribution in [2.75, 3.05) is 0 Å². The van der Waals surface area contributed by atoms with Gasteiger partial charge >= 0.3 is 0 Å². The third kappa shape index (κ3) is 5.15. The molecule has 3 aromatic carbocycles. The summed E-state index contributed by atoms with van der Waals surface area (Å²) in [7, 11) is 0. The number of hydrogen-bond acceptors (Lipinski definition) is 4. The third-order valence-electron chi connectivity index (χ3n) is 4.57. The Bertz CT molecular complexity index is 927. The van der Waals surface area contributed by atoms with E-state index in [9.17, 15) is 0 Å². The average molecular weight is 369 g/mol. The van der Waals surface area contributed by atoms with E-state index in [1.54, 1.807) is 0 Å². The van der Waals surface area contributed by atoms with Gasteiger partial charge in [0, 0.05) is 19.5 Å². The van der Waals surface area contributed by atoms with E-state index < -0.39 is 0 Å². The molecule has 0 bridgehead atoms. The monoisotopic (exact) mass is 369 g/mol. The summed E-state index contributed by atoms with van der Waals surface area (Å²) in [4.78, 5) is 6.93. The van der Waals surface area contributed by atoms with Gasteiger partial charge in [0.15, 0.2) is 5.82 Å². The Labute approximate surface area is 165 Å². The lowest BCUT2D eigenvalue weighted by Crippen LogP contribution is -2.22. The van der Waals surface area contributed by atoms with Crippen molar-refractivity contribution in [1.29, 1.82) is 0 Å². The molecule has 0 saturated carbocycles. The molecular formula is C24H23N3O. The molecule has 4 heteroatoms.